The van der Waals surface area contributed by atoms with Crippen LogP contribution in [0, 0.1) is 0 Å². The minimum atomic E-state index is -3.68. The summed E-state index contributed by atoms with van der Waals surface area (Å²) in [4.78, 5) is 2.25. The molecule has 0 aliphatic rings. The van der Waals surface area contributed by atoms with E-state index in [9.17, 15) is 8.42 Å². The summed E-state index contributed by atoms with van der Waals surface area (Å²) in [7, 11) is -3.68. The molecule has 2 aromatic rings. The molecule has 104 valence electrons. The van der Waals surface area contributed by atoms with E-state index >= 15 is 0 Å². The molecule has 7 heteroatoms. The van der Waals surface area contributed by atoms with Gasteiger partial charge in [-0.1, -0.05) is 39.7 Å². The Labute approximate surface area is 130 Å². The zero-order valence-corrected chi connectivity index (χ0v) is 13.3. The Morgan fingerprint density at radius 1 is 1.15 bits per heavy atom. The summed E-state index contributed by atoms with van der Waals surface area (Å²) in [5, 5.41) is 4.21. The molecule has 0 saturated carbocycles. The van der Waals surface area contributed by atoms with Gasteiger partial charge >= 0.3 is 0 Å². The lowest BCUT2D eigenvalue weighted by atomic mass is 10.2. The van der Waals surface area contributed by atoms with Crippen molar-refractivity contribution in [1.82, 2.24) is 4.83 Å². The first-order valence-corrected chi connectivity index (χ1v) is 8.19. The van der Waals surface area contributed by atoms with E-state index in [4.69, 9.17) is 11.6 Å². The molecule has 0 fully saturated rings. The normalized spacial score (nSPS) is 11.7. The number of hydrazone groups is 1. The fourth-order valence-electron chi connectivity index (χ4n) is 1.42. The summed E-state index contributed by atoms with van der Waals surface area (Å²) in [6.45, 7) is 0. The van der Waals surface area contributed by atoms with Crippen LogP contribution in [-0.4, -0.2) is 14.6 Å². The molecule has 20 heavy (non-hydrogen) atoms. The van der Waals surface area contributed by atoms with E-state index in [1.165, 1.54) is 30.5 Å². The molecule has 2 rings (SSSR count). The summed E-state index contributed by atoms with van der Waals surface area (Å²) in [5.41, 5.74) is 0.776. The monoisotopic (exact) mass is 372 g/mol. The third kappa shape index (κ3) is 4.06. The lowest BCUT2D eigenvalue weighted by Gasteiger charge is -2.03. The molecule has 0 aromatic heterocycles. The predicted molar refractivity (Wildman–Crippen MR) is 83.5 cm³/mol. The number of nitrogens with one attached hydrogen (secondary N) is 1. The summed E-state index contributed by atoms with van der Waals surface area (Å²) < 4.78 is 24.7. The molecule has 0 radical (unpaired) electrons. The quantitative estimate of drug-likeness (QED) is 0.659. The molecular formula is C13H10BrClN2O2S. The molecule has 0 saturated heterocycles. The van der Waals surface area contributed by atoms with E-state index in [1.54, 1.807) is 0 Å². The van der Waals surface area contributed by atoms with Crippen molar-refractivity contribution in [3.8, 4) is 0 Å². The summed E-state index contributed by atoms with van der Waals surface area (Å²) in [6, 6.07) is 13.2. The van der Waals surface area contributed by atoms with Gasteiger partial charge in [-0.3, -0.25) is 0 Å². The minimum Gasteiger partial charge on any atom is -0.200 e. The van der Waals surface area contributed by atoms with E-state index < -0.39 is 10.0 Å². The van der Waals surface area contributed by atoms with Crippen molar-refractivity contribution in [2.75, 3.05) is 0 Å². The van der Waals surface area contributed by atoms with Crippen molar-refractivity contribution >= 4 is 43.8 Å². The van der Waals surface area contributed by atoms with E-state index in [-0.39, 0.29) is 4.90 Å². The number of hydrogen-bond donors (Lipinski definition) is 1. The number of halogens is 2. The lowest BCUT2D eigenvalue weighted by Crippen LogP contribution is -2.18. The van der Waals surface area contributed by atoms with E-state index in [0.29, 0.717) is 5.02 Å². The summed E-state index contributed by atoms with van der Waals surface area (Å²) in [5.74, 6) is 0. The molecule has 0 bridgehead atoms. The van der Waals surface area contributed by atoms with Crippen LogP contribution in [0.1, 0.15) is 5.56 Å². The van der Waals surface area contributed by atoms with Gasteiger partial charge in [0.25, 0.3) is 10.0 Å². The third-order valence-corrected chi connectivity index (χ3v) is 4.34. The Morgan fingerprint density at radius 3 is 2.50 bits per heavy atom. The molecule has 4 nitrogen and oxygen atoms in total. The van der Waals surface area contributed by atoms with Crippen LogP contribution in [0.5, 0.6) is 0 Å². The standard InChI is InChI=1S/C13H10BrClN2O2S/c14-11-3-1-2-10(8-11)9-16-17-20(18,19)13-6-4-12(15)5-7-13/h1-9,17H/b16-9-. The van der Waals surface area contributed by atoms with Crippen molar-refractivity contribution in [1.29, 1.82) is 0 Å². The third-order valence-electron chi connectivity index (χ3n) is 2.36. The second-order valence-electron chi connectivity index (χ2n) is 3.86. The van der Waals surface area contributed by atoms with Crippen LogP contribution in [0.2, 0.25) is 5.02 Å². The summed E-state index contributed by atoms with van der Waals surface area (Å²) >= 11 is 9.04. The van der Waals surface area contributed by atoms with Gasteiger partial charge in [0.1, 0.15) is 0 Å². The van der Waals surface area contributed by atoms with Crippen LogP contribution >= 0.6 is 27.5 Å². The number of rotatable bonds is 4. The van der Waals surface area contributed by atoms with Crippen molar-refractivity contribution in [2.45, 2.75) is 4.90 Å². The molecule has 0 amide bonds. The Hall–Kier alpha value is -1.37. The van der Waals surface area contributed by atoms with Gasteiger partial charge in [-0.05, 0) is 42.0 Å². The molecule has 0 aliphatic carbocycles. The van der Waals surface area contributed by atoms with E-state index in [1.807, 2.05) is 24.3 Å². The highest BCUT2D eigenvalue weighted by Crippen LogP contribution is 2.14. The SMILES string of the molecule is O=S(=O)(N/N=C\c1cccc(Br)c1)c1ccc(Cl)cc1. The Morgan fingerprint density at radius 2 is 1.85 bits per heavy atom. The molecule has 1 N–H and O–H groups in total. The smallest absolute Gasteiger partial charge is 0.200 e. The first kappa shape index (κ1) is 15.0. The van der Waals surface area contributed by atoms with Gasteiger partial charge in [0, 0.05) is 9.50 Å². The van der Waals surface area contributed by atoms with Gasteiger partial charge in [0.15, 0.2) is 0 Å². The molecule has 0 spiro atoms. The number of nitrogens with zero attached hydrogens (tertiary/aromatic N) is 1. The second kappa shape index (κ2) is 6.39. The fraction of sp³-hybridized carbons (Fsp3) is 0. The zero-order chi connectivity index (χ0) is 14.6. The van der Waals surface area contributed by atoms with Gasteiger partial charge < -0.3 is 0 Å². The van der Waals surface area contributed by atoms with Crippen LogP contribution in [0.3, 0.4) is 0 Å². The average molecular weight is 374 g/mol. The first-order valence-electron chi connectivity index (χ1n) is 5.53. The Balaban J connectivity index is 2.11. The second-order valence-corrected chi connectivity index (χ2v) is 6.87. The number of sulfonamides is 1. The van der Waals surface area contributed by atoms with Gasteiger partial charge in [-0.25, -0.2) is 4.83 Å². The van der Waals surface area contributed by atoms with Crippen molar-refractivity contribution in [3.63, 3.8) is 0 Å². The molecule has 2 aromatic carbocycles. The van der Waals surface area contributed by atoms with Crippen LogP contribution in [0.4, 0.5) is 0 Å². The van der Waals surface area contributed by atoms with Crippen molar-refractivity contribution < 1.29 is 8.42 Å². The van der Waals surface area contributed by atoms with Crippen LogP contribution in [0.15, 0.2) is 63.0 Å². The molecule has 0 atom stereocenters. The fourth-order valence-corrected chi connectivity index (χ4v) is 2.76. The van der Waals surface area contributed by atoms with E-state index in [2.05, 4.69) is 25.9 Å². The highest BCUT2D eigenvalue weighted by Gasteiger charge is 2.11. The summed E-state index contributed by atoms with van der Waals surface area (Å²) in [6.07, 6.45) is 1.43. The number of hydrogen-bond acceptors (Lipinski definition) is 3. The topological polar surface area (TPSA) is 58.5 Å². The lowest BCUT2D eigenvalue weighted by molar-refractivity contribution is 0.584. The molecule has 0 heterocycles. The molecule has 0 unspecified atom stereocenters. The maximum absolute atomic E-state index is 11.9. The maximum atomic E-state index is 11.9. The molecular weight excluding hydrogens is 364 g/mol. The van der Waals surface area contributed by atoms with E-state index in [0.717, 1.165) is 10.0 Å². The largest absolute Gasteiger partial charge is 0.276 e. The Kier molecular flexibility index (Phi) is 4.80. The zero-order valence-electron chi connectivity index (χ0n) is 10.1. The maximum Gasteiger partial charge on any atom is 0.276 e. The van der Waals surface area contributed by atoms with Crippen LogP contribution < -0.4 is 4.83 Å². The van der Waals surface area contributed by atoms with Gasteiger partial charge in [0.2, 0.25) is 0 Å². The highest BCUT2D eigenvalue weighted by molar-refractivity contribution is 9.10. The van der Waals surface area contributed by atoms with Gasteiger partial charge in [-0.15, -0.1) is 0 Å². The highest BCUT2D eigenvalue weighted by atomic mass is 79.9. The van der Waals surface area contributed by atoms with Gasteiger partial charge in [-0.2, -0.15) is 13.5 Å². The minimum absolute atomic E-state index is 0.105. The number of benzene rings is 2. The Bertz CT molecular complexity index is 730. The van der Waals surface area contributed by atoms with Crippen molar-refractivity contribution in [3.05, 3.63) is 63.6 Å². The van der Waals surface area contributed by atoms with Crippen LogP contribution in [0.25, 0.3) is 0 Å². The first-order chi connectivity index (χ1) is 9.47. The van der Waals surface area contributed by atoms with Crippen molar-refractivity contribution in [2.24, 2.45) is 5.10 Å². The average Bonchev–Trinajstić information content (AvgIpc) is 2.39. The van der Waals surface area contributed by atoms with Gasteiger partial charge in [0.05, 0.1) is 11.1 Å². The predicted octanol–water partition coefficient (Wildman–Crippen LogP) is 3.41. The van der Waals surface area contributed by atoms with Crippen LogP contribution in [-0.2, 0) is 10.0 Å². The molecule has 0 aliphatic heterocycles.